The van der Waals surface area contributed by atoms with E-state index in [0.29, 0.717) is 5.76 Å². The number of thiophene rings is 1. The van der Waals surface area contributed by atoms with Crippen molar-refractivity contribution in [2.45, 2.75) is 13.0 Å². The monoisotopic (exact) mass is 261 g/mol. The number of furan rings is 1. The Hall–Kier alpha value is -1.81. The first kappa shape index (κ1) is 12.6. The van der Waals surface area contributed by atoms with Crippen molar-refractivity contribution in [1.82, 2.24) is 4.90 Å². The van der Waals surface area contributed by atoms with E-state index in [-0.39, 0.29) is 11.9 Å². The largest absolute Gasteiger partial charge is 0.465 e. The van der Waals surface area contributed by atoms with Gasteiger partial charge in [0.05, 0.1) is 12.3 Å². The number of carbonyl (C=O) groups is 1. The van der Waals surface area contributed by atoms with E-state index in [9.17, 15) is 4.79 Å². The molecule has 0 aliphatic rings. The lowest BCUT2D eigenvalue weighted by Crippen LogP contribution is -2.27. The average Bonchev–Trinajstić information content (AvgIpc) is 3.06. The maximum atomic E-state index is 12.0. The molecule has 0 N–H and O–H groups in total. The van der Waals surface area contributed by atoms with Crippen molar-refractivity contribution in [2.75, 3.05) is 7.05 Å². The predicted molar refractivity (Wildman–Crippen MR) is 73.2 cm³/mol. The van der Waals surface area contributed by atoms with Crippen LogP contribution in [0.25, 0.3) is 6.08 Å². The molecule has 0 radical (unpaired) electrons. The van der Waals surface area contributed by atoms with E-state index in [4.69, 9.17) is 4.42 Å². The van der Waals surface area contributed by atoms with E-state index in [1.54, 1.807) is 41.7 Å². The molecule has 2 aromatic heterocycles. The second-order valence-electron chi connectivity index (χ2n) is 3.99. The normalized spacial score (nSPS) is 12.8. The Morgan fingerprint density at radius 3 is 2.89 bits per heavy atom. The molecule has 18 heavy (non-hydrogen) atoms. The number of likely N-dealkylation sites (N-methyl/N-ethyl adjacent to an activating group) is 1. The number of rotatable bonds is 4. The minimum atomic E-state index is -0.0349. The molecule has 1 atom stereocenters. The van der Waals surface area contributed by atoms with Gasteiger partial charge in [0.25, 0.3) is 0 Å². The van der Waals surface area contributed by atoms with Gasteiger partial charge in [-0.05, 0) is 36.6 Å². The van der Waals surface area contributed by atoms with E-state index < -0.39 is 0 Å². The molecule has 2 rings (SSSR count). The van der Waals surface area contributed by atoms with E-state index in [2.05, 4.69) is 0 Å². The second kappa shape index (κ2) is 5.69. The number of hydrogen-bond donors (Lipinski definition) is 0. The van der Waals surface area contributed by atoms with Gasteiger partial charge in [-0.25, -0.2) is 0 Å². The Bertz CT molecular complexity index is 514. The van der Waals surface area contributed by atoms with Crippen LogP contribution in [0, 0.1) is 0 Å². The molecule has 0 spiro atoms. The molecule has 0 saturated carbocycles. The third kappa shape index (κ3) is 2.90. The van der Waals surface area contributed by atoms with Crippen LogP contribution in [-0.2, 0) is 4.79 Å². The molecular weight excluding hydrogens is 246 g/mol. The maximum absolute atomic E-state index is 12.0. The zero-order valence-electron chi connectivity index (χ0n) is 10.4. The number of hydrogen-bond acceptors (Lipinski definition) is 3. The summed E-state index contributed by atoms with van der Waals surface area (Å²) >= 11 is 1.66. The highest BCUT2D eigenvalue weighted by atomic mass is 32.1. The standard InChI is InChI=1S/C14H15NO2S/c1-11(13-6-4-10-18-13)15(2)14(16)8-7-12-5-3-9-17-12/h3-11H,1-2H3. The van der Waals surface area contributed by atoms with Crippen LogP contribution < -0.4 is 0 Å². The highest BCUT2D eigenvalue weighted by Gasteiger charge is 2.15. The molecule has 1 amide bonds. The van der Waals surface area contributed by atoms with Crippen molar-refractivity contribution >= 4 is 23.3 Å². The molecule has 0 aliphatic heterocycles. The highest BCUT2D eigenvalue weighted by molar-refractivity contribution is 7.10. The molecule has 3 nitrogen and oxygen atoms in total. The Morgan fingerprint density at radius 2 is 2.28 bits per heavy atom. The molecular formula is C14H15NO2S. The molecule has 2 heterocycles. The third-order valence-corrected chi connectivity index (χ3v) is 3.86. The van der Waals surface area contributed by atoms with Gasteiger partial charge >= 0.3 is 0 Å². The van der Waals surface area contributed by atoms with Gasteiger partial charge in [-0.2, -0.15) is 0 Å². The summed E-state index contributed by atoms with van der Waals surface area (Å²) in [5, 5.41) is 2.02. The molecule has 0 bridgehead atoms. The lowest BCUT2D eigenvalue weighted by molar-refractivity contribution is -0.126. The maximum Gasteiger partial charge on any atom is 0.246 e. The number of nitrogens with zero attached hydrogens (tertiary/aromatic N) is 1. The van der Waals surface area contributed by atoms with Gasteiger partial charge in [0.15, 0.2) is 0 Å². The Labute approximate surface area is 110 Å². The molecule has 0 aromatic carbocycles. The Balaban J connectivity index is 2.01. The molecule has 0 fully saturated rings. The van der Waals surface area contributed by atoms with Gasteiger partial charge in [-0.15, -0.1) is 11.3 Å². The van der Waals surface area contributed by atoms with E-state index in [0.717, 1.165) is 0 Å². The van der Waals surface area contributed by atoms with E-state index in [1.807, 2.05) is 30.5 Å². The van der Waals surface area contributed by atoms with Crippen LogP contribution in [0.2, 0.25) is 0 Å². The lowest BCUT2D eigenvalue weighted by Gasteiger charge is -2.22. The Kier molecular flexibility index (Phi) is 3.99. The summed E-state index contributed by atoms with van der Waals surface area (Å²) in [4.78, 5) is 14.9. The van der Waals surface area contributed by atoms with Gasteiger partial charge in [0.1, 0.15) is 5.76 Å². The predicted octanol–water partition coefficient (Wildman–Crippen LogP) is 3.57. The zero-order valence-corrected chi connectivity index (χ0v) is 11.2. The van der Waals surface area contributed by atoms with Gasteiger partial charge in [0, 0.05) is 18.0 Å². The summed E-state index contributed by atoms with van der Waals surface area (Å²) in [6, 6.07) is 7.72. The molecule has 2 aromatic rings. The van der Waals surface area contributed by atoms with Crippen LogP contribution in [0.3, 0.4) is 0 Å². The first-order chi connectivity index (χ1) is 8.68. The summed E-state index contributed by atoms with van der Waals surface area (Å²) < 4.78 is 5.14. The summed E-state index contributed by atoms with van der Waals surface area (Å²) in [6.45, 7) is 2.02. The van der Waals surface area contributed by atoms with Crippen LogP contribution in [0.4, 0.5) is 0 Å². The number of amides is 1. The van der Waals surface area contributed by atoms with E-state index in [1.165, 1.54) is 11.0 Å². The van der Waals surface area contributed by atoms with Crippen molar-refractivity contribution in [3.8, 4) is 0 Å². The fourth-order valence-corrected chi connectivity index (χ4v) is 2.39. The molecule has 0 aliphatic carbocycles. The molecule has 94 valence electrons. The second-order valence-corrected chi connectivity index (χ2v) is 4.97. The van der Waals surface area contributed by atoms with Crippen LogP contribution in [0.1, 0.15) is 23.6 Å². The molecule has 1 unspecified atom stereocenters. The van der Waals surface area contributed by atoms with Crippen LogP contribution in [0.15, 0.2) is 46.4 Å². The number of carbonyl (C=O) groups excluding carboxylic acids is 1. The summed E-state index contributed by atoms with van der Waals surface area (Å²) in [5.41, 5.74) is 0. The lowest BCUT2D eigenvalue weighted by atomic mass is 10.2. The minimum Gasteiger partial charge on any atom is -0.465 e. The minimum absolute atomic E-state index is 0.0349. The fourth-order valence-electron chi connectivity index (χ4n) is 1.57. The van der Waals surface area contributed by atoms with Gasteiger partial charge < -0.3 is 9.32 Å². The van der Waals surface area contributed by atoms with E-state index >= 15 is 0 Å². The highest BCUT2D eigenvalue weighted by Crippen LogP contribution is 2.23. The van der Waals surface area contributed by atoms with Gasteiger partial charge in [0.2, 0.25) is 5.91 Å². The van der Waals surface area contributed by atoms with Crippen molar-refractivity contribution in [3.05, 3.63) is 52.6 Å². The first-order valence-corrected chi connectivity index (χ1v) is 6.58. The third-order valence-electron chi connectivity index (χ3n) is 2.82. The van der Waals surface area contributed by atoms with Crippen molar-refractivity contribution in [1.29, 1.82) is 0 Å². The Morgan fingerprint density at radius 1 is 1.44 bits per heavy atom. The van der Waals surface area contributed by atoms with Crippen molar-refractivity contribution in [2.24, 2.45) is 0 Å². The summed E-state index contributed by atoms with van der Waals surface area (Å²) in [7, 11) is 1.80. The first-order valence-electron chi connectivity index (χ1n) is 5.70. The van der Waals surface area contributed by atoms with Crippen molar-refractivity contribution in [3.63, 3.8) is 0 Å². The van der Waals surface area contributed by atoms with Gasteiger partial charge in [-0.1, -0.05) is 6.07 Å². The fraction of sp³-hybridized carbons (Fsp3) is 0.214. The van der Waals surface area contributed by atoms with Crippen LogP contribution >= 0.6 is 11.3 Å². The average molecular weight is 261 g/mol. The quantitative estimate of drug-likeness (QED) is 0.788. The smallest absolute Gasteiger partial charge is 0.246 e. The SMILES string of the molecule is CC(c1cccs1)N(C)C(=O)C=Cc1ccco1. The van der Waals surface area contributed by atoms with Gasteiger partial charge in [-0.3, -0.25) is 4.79 Å². The zero-order chi connectivity index (χ0) is 13.0. The molecule has 4 heteroatoms. The summed E-state index contributed by atoms with van der Waals surface area (Å²) in [6.07, 6.45) is 4.80. The summed E-state index contributed by atoms with van der Waals surface area (Å²) in [5.74, 6) is 0.646. The van der Waals surface area contributed by atoms with Crippen molar-refractivity contribution < 1.29 is 9.21 Å². The topological polar surface area (TPSA) is 33.5 Å². The molecule has 0 saturated heterocycles. The van der Waals surface area contributed by atoms with Crippen LogP contribution in [-0.4, -0.2) is 17.9 Å². The van der Waals surface area contributed by atoms with Crippen LogP contribution in [0.5, 0.6) is 0 Å².